The Morgan fingerprint density at radius 2 is 1.85 bits per heavy atom. The average Bonchev–Trinajstić information content (AvgIpc) is 2.19. The maximum absolute atomic E-state index is 9.73. The van der Waals surface area contributed by atoms with E-state index in [4.69, 9.17) is 0 Å². The van der Waals surface area contributed by atoms with Gasteiger partial charge in [-0.2, -0.15) is 0 Å². The molecule has 1 nitrogen and oxygen atoms in total. The molecule has 0 aromatic heterocycles. The fraction of sp³-hybridized carbons (Fsp3) is 0.417. The summed E-state index contributed by atoms with van der Waals surface area (Å²) in [6, 6.07) is 9.82. The fourth-order valence-corrected chi connectivity index (χ4v) is 1.36. The molecule has 1 N–H and O–H groups in total. The Morgan fingerprint density at radius 3 is 2.46 bits per heavy atom. The van der Waals surface area contributed by atoms with Crippen LogP contribution in [-0.4, -0.2) is 5.11 Å². The first-order valence-electron chi connectivity index (χ1n) is 4.87. The molecule has 0 spiro atoms. The van der Waals surface area contributed by atoms with Gasteiger partial charge in [0, 0.05) is 0 Å². The normalized spacial score (nSPS) is 12.8. The number of rotatable bonds is 5. The Balaban J connectivity index is 2.35. The van der Waals surface area contributed by atoms with Crippen LogP contribution in [0.2, 0.25) is 0 Å². The van der Waals surface area contributed by atoms with E-state index >= 15 is 0 Å². The molecule has 1 rings (SSSR count). The van der Waals surface area contributed by atoms with Gasteiger partial charge >= 0.3 is 0 Å². The minimum absolute atomic E-state index is 0.298. The molecule has 0 saturated heterocycles. The van der Waals surface area contributed by atoms with Gasteiger partial charge in [0.2, 0.25) is 0 Å². The summed E-state index contributed by atoms with van der Waals surface area (Å²) in [6.45, 7) is 3.77. The molecule has 1 unspecified atom stereocenters. The van der Waals surface area contributed by atoms with Crippen molar-refractivity contribution in [1.82, 2.24) is 0 Å². The minimum Gasteiger partial charge on any atom is -0.388 e. The van der Waals surface area contributed by atoms with Crippen molar-refractivity contribution in [3.63, 3.8) is 0 Å². The van der Waals surface area contributed by atoms with Gasteiger partial charge in [-0.25, -0.2) is 0 Å². The SMILES string of the molecule is [CH2]CCCCC(O)c1ccccc1. The molecular formula is C12H17O. The minimum atomic E-state index is -0.298. The number of aliphatic hydroxyl groups is 1. The van der Waals surface area contributed by atoms with Crippen molar-refractivity contribution in [3.8, 4) is 0 Å². The largest absolute Gasteiger partial charge is 0.388 e. The number of hydrogen-bond donors (Lipinski definition) is 1. The lowest BCUT2D eigenvalue weighted by Crippen LogP contribution is -1.96. The smallest absolute Gasteiger partial charge is 0.0790 e. The maximum Gasteiger partial charge on any atom is 0.0790 e. The highest BCUT2D eigenvalue weighted by Gasteiger charge is 2.04. The van der Waals surface area contributed by atoms with Crippen LogP contribution in [0.5, 0.6) is 0 Å². The third-order valence-corrected chi connectivity index (χ3v) is 2.16. The fourth-order valence-electron chi connectivity index (χ4n) is 1.36. The van der Waals surface area contributed by atoms with Crippen molar-refractivity contribution in [3.05, 3.63) is 42.8 Å². The summed E-state index contributed by atoms with van der Waals surface area (Å²) in [4.78, 5) is 0. The van der Waals surface area contributed by atoms with Gasteiger partial charge in [0.1, 0.15) is 0 Å². The van der Waals surface area contributed by atoms with Crippen molar-refractivity contribution in [1.29, 1.82) is 0 Å². The molecule has 1 aromatic carbocycles. The van der Waals surface area contributed by atoms with Crippen LogP contribution < -0.4 is 0 Å². The third kappa shape index (κ3) is 3.60. The number of aliphatic hydroxyl groups excluding tert-OH is 1. The molecule has 71 valence electrons. The van der Waals surface area contributed by atoms with Crippen LogP contribution in [0, 0.1) is 6.92 Å². The Hall–Kier alpha value is -0.820. The van der Waals surface area contributed by atoms with E-state index in [1.165, 1.54) is 0 Å². The summed E-state index contributed by atoms with van der Waals surface area (Å²) in [7, 11) is 0. The van der Waals surface area contributed by atoms with Gasteiger partial charge in [-0.1, -0.05) is 56.5 Å². The molecule has 0 bridgehead atoms. The molecular weight excluding hydrogens is 160 g/mol. The van der Waals surface area contributed by atoms with Crippen LogP contribution in [0.1, 0.15) is 37.4 Å². The van der Waals surface area contributed by atoms with Gasteiger partial charge in [-0.05, 0) is 12.0 Å². The highest BCUT2D eigenvalue weighted by molar-refractivity contribution is 5.16. The lowest BCUT2D eigenvalue weighted by molar-refractivity contribution is 0.164. The Morgan fingerprint density at radius 1 is 1.15 bits per heavy atom. The van der Waals surface area contributed by atoms with Crippen molar-refractivity contribution in [2.45, 2.75) is 31.8 Å². The lowest BCUT2D eigenvalue weighted by atomic mass is 10.0. The summed E-state index contributed by atoms with van der Waals surface area (Å²) in [5.41, 5.74) is 1.02. The van der Waals surface area contributed by atoms with Crippen LogP contribution in [0.4, 0.5) is 0 Å². The van der Waals surface area contributed by atoms with Gasteiger partial charge in [0.15, 0.2) is 0 Å². The molecule has 13 heavy (non-hydrogen) atoms. The van der Waals surface area contributed by atoms with Gasteiger partial charge in [-0.3, -0.25) is 0 Å². The van der Waals surface area contributed by atoms with Crippen molar-refractivity contribution in [2.75, 3.05) is 0 Å². The van der Waals surface area contributed by atoms with E-state index in [1.54, 1.807) is 0 Å². The number of unbranched alkanes of at least 4 members (excludes halogenated alkanes) is 2. The second-order valence-corrected chi connectivity index (χ2v) is 3.28. The molecule has 1 heteroatoms. The molecule has 0 amide bonds. The van der Waals surface area contributed by atoms with E-state index in [0.717, 1.165) is 31.2 Å². The summed E-state index contributed by atoms with van der Waals surface area (Å²) < 4.78 is 0. The zero-order valence-electron chi connectivity index (χ0n) is 7.95. The molecule has 1 radical (unpaired) electrons. The van der Waals surface area contributed by atoms with E-state index in [0.29, 0.717) is 0 Å². The molecule has 0 heterocycles. The van der Waals surface area contributed by atoms with Crippen LogP contribution in [-0.2, 0) is 0 Å². The van der Waals surface area contributed by atoms with E-state index in [1.807, 2.05) is 30.3 Å². The summed E-state index contributed by atoms with van der Waals surface area (Å²) in [5.74, 6) is 0. The first-order valence-corrected chi connectivity index (χ1v) is 4.87. The highest BCUT2D eigenvalue weighted by Crippen LogP contribution is 2.18. The lowest BCUT2D eigenvalue weighted by Gasteiger charge is -2.09. The predicted molar refractivity (Wildman–Crippen MR) is 55.2 cm³/mol. The first kappa shape index (κ1) is 10.3. The molecule has 0 aliphatic heterocycles. The maximum atomic E-state index is 9.73. The molecule has 0 aliphatic rings. The molecule has 0 aliphatic carbocycles. The van der Waals surface area contributed by atoms with Gasteiger partial charge in [-0.15, -0.1) is 0 Å². The zero-order chi connectivity index (χ0) is 9.52. The quantitative estimate of drug-likeness (QED) is 0.685. The Labute approximate surface area is 80.4 Å². The predicted octanol–water partition coefficient (Wildman–Crippen LogP) is 3.11. The van der Waals surface area contributed by atoms with Crippen LogP contribution in [0.25, 0.3) is 0 Å². The monoisotopic (exact) mass is 177 g/mol. The molecule has 1 atom stereocenters. The van der Waals surface area contributed by atoms with Gasteiger partial charge in [0.05, 0.1) is 6.10 Å². The van der Waals surface area contributed by atoms with Crippen molar-refractivity contribution < 1.29 is 5.11 Å². The number of hydrogen-bond acceptors (Lipinski definition) is 1. The van der Waals surface area contributed by atoms with E-state index in [2.05, 4.69) is 6.92 Å². The molecule has 0 saturated carbocycles. The first-order chi connectivity index (χ1) is 6.34. The van der Waals surface area contributed by atoms with E-state index < -0.39 is 0 Å². The Bertz CT molecular complexity index is 218. The van der Waals surface area contributed by atoms with E-state index in [-0.39, 0.29) is 6.10 Å². The topological polar surface area (TPSA) is 20.2 Å². The van der Waals surface area contributed by atoms with Crippen LogP contribution >= 0.6 is 0 Å². The second kappa shape index (κ2) is 5.76. The van der Waals surface area contributed by atoms with Crippen LogP contribution in [0.15, 0.2) is 30.3 Å². The van der Waals surface area contributed by atoms with Crippen LogP contribution in [0.3, 0.4) is 0 Å². The van der Waals surface area contributed by atoms with Gasteiger partial charge in [0.25, 0.3) is 0 Å². The standard InChI is InChI=1S/C12H17O/c1-2-3-5-10-12(13)11-8-6-4-7-9-11/h4,6-9,12-13H,1-3,5,10H2. The van der Waals surface area contributed by atoms with Crippen molar-refractivity contribution in [2.24, 2.45) is 0 Å². The average molecular weight is 177 g/mol. The summed E-state index contributed by atoms with van der Waals surface area (Å²) in [5, 5.41) is 9.73. The number of benzene rings is 1. The van der Waals surface area contributed by atoms with Crippen molar-refractivity contribution >= 4 is 0 Å². The van der Waals surface area contributed by atoms with Gasteiger partial charge < -0.3 is 5.11 Å². The second-order valence-electron chi connectivity index (χ2n) is 3.28. The summed E-state index contributed by atoms with van der Waals surface area (Å²) in [6.07, 6.45) is 3.66. The highest BCUT2D eigenvalue weighted by atomic mass is 16.3. The third-order valence-electron chi connectivity index (χ3n) is 2.16. The summed E-state index contributed by atoms with van der Waals surface area (Å²) >= 11 is 0. The van der Waals surface area contributed by atoms with E-state index in [9.17, 15) is 5.11 Å². The molecule has 0 fully saturated rings. The zero-order valence-corrected chi connectivity index (χ0v) is 7.95. The Kier molecular flexibility index (Phi) is 4.55. The molecule has 1 aromatic rings.